The largest absolute Gasteiger partial charge is 0.397 e. The van der Waals surface area contributed by atoms with Crippen LogP contribution >= 0.6 is 0 Å². The van der Waals surface area contributed by atoms with E-state index in [1.54, 1.807) is 18.3 Å². The summed E-state index contributed by atoms with van der Waals surface area (Å²) in [5.41, 5.74) is 9.30. The average Bonchev–Trinajstić information content (AvgIpc) is 3.17. The van der Waals surface area contributed by atoms with E-state index in [-0.39, 0.29) is 11.6 Å². The molecule has 2 heterocycles. The van der Waals surface area contributed by atoms with E-state index in [2.05, 4.69) is 10.4 Å². The molecule has 3 N–H and O–H groups in total. The van der Waals surface area contributed by atoms with Gasteiger partial charge in [-0.1, -0.05) is 6.42 Å². The van der Waals surface area contributed by atoms with Crippen LogP contribution in [-0.2, 0) is 10.2 Å². The molecule has 0 radical (unpaired) electrons. The van der Waals surface area contributed by atoms with Crippen molar-refractivity contribution in [1.29, 1.82) is 0 Å². The van der Waals surface area contributed by atoms with E-state index in [1.165, 1.54) is 16.8 Å². The van der Waals surface area contributed by atoms with Gasteiger partial charge in [-0.15, -0.1) is 0 Å². The van der Waals surface area contributed by atoms with Gasteiger partial charge in [-0.3, -0.25) is 4.79 Å². The van der Waals surface area contributed by atoms with Gasteiger partial charge in [0.05, 0.1) is 22.5 Å². The first-order valence-electron chi connectivity index (χ1n) is 8.75. The zero-order valence-electron chi connectivity index (χ0n) is 14.3. The molecule has 0 saturated heterocycles. The summed E-state index contributed by atoms with van der Waals surface area (Å²) in [6.45, 7) is 0. The monoisotopic (exact) mass is 366 g/mol. The fourth-order valence-electron chi connectivity index (χ4n) is 3.99. The Labute approximate surface area is 153 Å². The van der Waals surface area contributed by atoms with Crippen molar-refractivity contribution in [3.05, 3.63) is 59.8 Å². The van der Waals surface area contributed by atoms with Crippen molar-refractivity contribution in [2.45, 2.75) is 24.7 Å². The minimum atomic E-state index is -0.693. The molecule has 0 bridgehead atoms. The molecular formula is C20H16F2N4O. The van der Waals surface area contributed by atoms with Crippen molar-refractivity contribution in [1.82, 2.24) is 9.78 Å². The highest BCUT2D eigenvalue weighted by molar-refractivity contribution is 6.10. The van der Waals surface area contributed by atoms with Crippen molar-refractivity contribution < 1.29 is 13.6 Å². The van der Waals surface area contributed by atoms with Gasteiger partial charge >= 0.3 is 0 Å². The van der Waals surface area contributed by atoms with Gasteiger partial charge in [-0.25, -0.2) is 13.5 Å². The fraction of sp³-hybridized carbons (Fsp3) is 0.200. The molecule has 2 aromatic carbocycles. The Balaban J connectivity index is 1.58. The Hall–Kier alpha value is -3.22. The smallest absolute Gasteiger partial charge is 0.235 e. The van der Waals surface area contributed by atoms with Crippen LogP contribution in [0.5, 0.6) is 0 Å². The number of amides is 1. The summed E-state index contributed by atoms with van der Waals surface area (Å²) in [4.78, 5) is 12.4. The first-order valence-corrected chi connectivity index (χ1v) is 8.75. The molecule has 1 spiro atoms. The number of nitrogen functional groups attached to an aromatic ring is 1. The molecule has 2 aliphatic rings. The molecule has 5 rings (SSSR count). The highest BCUT2D eigenvalue weighted by Gasteiger charge is 2.51. The lowest BCUT2D eigenvalue weighted by atomic mass is 9.65. The predicted octanol–water partition coefficient (Wildman–Crippen LogP) is 3.77. The van der Waals surface area contributed by atoms with Crippen LogP contribution in [-0.4, -0.2) is 15.7 Å². The number of nitrogens with zero attached hydrogens (tertiary/aromatic N) is 2. The molecule has 1 aliphatic heterocycles. The predicted molar refractivity (Wildman–Crippen MR) is 97.5 cm³/mol. The Morgan fingerprint density at radius 3 is 2.67 bits per heavy atom. The fourth-order valence-corrected chi connectivity index (χ4v) is 3.99. The van der Waals surface area contributed by atoms with Crippen LogP contribution in [0.2, 0.25) is 0 Å². The van der Waals surface area contributed by atoms with E-state index in [0.29, 0.717) is 17.1 Å². The number of aromatic nitrogens is 2. The first kappa shape index (κ1) is 16.0. The molecule has 7 heteroatoms. The third-order valence-electron chi connectivity index (χ3n) is 5.61. The normalized spacial score (nSPS) is 16.9. The number of carbonyl (C=O) groups is 1. The number of nitrogens with one attached hydrogen (secondary N) is 1. The van der Waals surface area contributed by atoms with E-state index in [0.717, 1.165) is 36.5 Å². The summed E-state index contributed by atoms with van der Waals surface area (Å²) < 4.78 is 28.5. The van der Waals surface area contributed by atoms with Crippen LogP contribution in [0.15, 0.2) is 42.6 Å². The van der Waals surface area contributed by atoms with Gasteiger partial charge in [0.25, 0.3) is 0 Å². The van der Waals surface area contributed by atoms with Crippen molar-refractivity contribution >= 4 is 17.3 Å². The molecule has 0 unspecified atom stereocenters. The highest BCUT2D eigenvalue weighted by atomic mass is 19.1. The number of hydrogen-bond donors (Lipinski definition) is 2. The summed E-state index contributed by atoms with van der Waals surface area (Å²) in [5.74, 6) is -1.33. The molecule has 27 heavy (non-hydrogen) atoms. The maximum atomic E-state index is 14.0. The van der Waals surface area contributed by atoms with Crippen molar-refractivity contribution in [3.8, 4) is 16.9 Å². The lowest BCUT2D eigenvalue weighted by molar-refractivity contribution is -0.123. The minimum absolute atomic E-state index is 0.00603. The molecule has 1 fully saturated rings. The number of benzene rings is 2. The van der Waals surface area contributed by atoms with Crippen LogP contribution in [0.1, 0.15) is 24.8 Å². The zero-order valence-corrected chi connectivity index (χ0v) is 14.3. The van der Waals surface area contributed by atoms with E-state index in [1.807, 2.05) is 6.07 Å². The maximum absolute atomic E-state index is 14.0. The van der Waals surface area contributed by atoms with Gasteiger partial charge in [-0.05, 0) is 48.7 Å². The second kappa shape index (κ2) is 5.39. The Morgan fingerprint density at radius 1 is 1.15 bits per heavy atom. The molecule has 1 saturated carbocycles. The molecule has 3 aromatic rings. The van der Waals surface area contributed by atoms with E-state index in [4.69, 9.17) is 5.73 Å². The Kier molecular flexibility index (Phi) is 3.19. The van der Waals surface area contributed by atoms with Crippen molar-refractivity contribution in [3.63, 3.8) is 0 Å². The quantitative estimate of drug-likeness (QED) is 0.678. The molecular weight excluding hydrogens is 350 g/mol. The van der Waals surface area contributed by atoms with E-state index >= 15 is 0 Å². The van der Waals surface area contributed by atoms with Gasteiger partial charge in [0, 0.05) is 17.8 Å². The third-order valence-corrected chi connectivity index (χ3v) is 5.61. The Morgan fingerprint density at radius 2 is 1.96 bits per heavy atom. The number of carbonyl (C=O) groups excluding carboxylic acids is 1. The summed E-state index contributed by atoms with van der Waals surface area (Å²) in [6.07, 6.45) is 4.24. The Bertz CT molecular complexity index is 1100. The summed E-state index contributed by atoms with van der Waals surface area (Å²) in [7, 11) is 0. The van der Waals surface area contributed by atoms with Crippen LogP contribution in [0.4, 0.5) is 20.2 Å². The first-order chi connectivity index (χ1) is 13.0. The number of hydrogen-bond acceptors (Lipinski definition) is 3. The number of anilines is 2. The summed E-state index contributed by atoms with van der Waals surface area (Å²) in [5, 5.41) is 7.32. The number of halogens is 2. The topological polar surface area (TPSA) is 72.9 Å². The van der Waals surface area contributed by atoms with Crippen LogP contribution < -0.4 is 11.1 Å². The SMILES string of the molecule is Nc1cc(-c2ccn(-c3ccc(F)cc3F)n2)cc2c1NC(=O)C21CCC1. The lowest BCUT2D eigenvalue weighted by Crippen LogP contribution is -2.40. The lowest BCUT2D eigenvalue weighted by Gasteiger charge is -2.36. The minimum Gasteiger partial charge on any atom is -0.397 e. The summed E-state index contributed by atoms with van der Waals surface area (Å²) >= 11 is 0. The molecule has 136 valence electrons. The second-order valence-corrected chi connectivity index (χ2v) is 7.12. The van der Waals surface area contributed by atoms with Crippen molar-refractivity contribution in [2.75, 3.05) is 11.1 Å². The number of nitrogens with two attached hydrogens (primary N) is 1. The standard InChI is InChI=1S/C20H16F2N4O/c21-12-2-3-17(14(22)10-12)26-7-4-16(25-26)11-8-13-18(15(23)9-11)24-19(27)20(13)5-1-6-20/h2-4,7-10H,1,5-6,23H2,(H,24,27). The van der Waals surface area contributed by atoms with Crippen LogP contribution in [0.25, 0.3) is 16.9 Å². The average molecular weight is 366 g/mol. The molecule has 0 atom stereocenters. The molecule has 1 amide bonds. The number of fused-ring (bicyclic) bond motifs is 2. The summed E-state index contributed by atoms with van der Waals surface area (Å²) in [6, 6.07) is 8.78. The van der Waals surface area contributed by atoms with Crippen LogP contribution in [0, 0.1) is 11.6 Å². The molecule has 1 aromatic heterocycles. The van der Waals surface area contributed by atoms with Crippen molar-refractivity contribution in [2.24, 2.45) is 0 Å². The zero-order chi connectivity index (χ0) is 18.8. The number of rotatable bonds is 2. The molecule has 1 aliphatic carbocycles. The highest BCUT2D eigenvalue weighted by Crippen LogP contribution is 2.53. The van der Waals surface area contributed by atoms with Gasteiger partial charge in [0.15, 0.2) is 5.82 Å². The van der Waals surface area contributed by atoms with Gasteiger partial charge in [-0.2, -0.15) is 5.10 Å². The second-order valence-electron chi connectivity index (χ2n) is 7.12. The van der Waals surface area contributed by atoms with E-state index in [9.17, 15) is 13.6 Å². The van der Waals surface area contributed by atoms with E-state index < -0.39 is 17.0 Å². The van der Waals surface area contributed by atoms with Gasteiger partial charge < -0.3 is 11.1 Å². The molecule has 5 nitrogen and oxygen atoms in total. The third kappa shape index (κ3) is 2.21. The van der Waals surface area contributed by atoms with Gasteiger partial charge in [0.2, 0.25) is 5.91 Å². The maximum Gasteiger partial charge on any atom is 0.235 e. The van der Waals surface area contributed by atoms with Gasteiger partial charge in [0.1, 0.15) is 11.5 Å². The van der Waals surface area contributed by atoms with Crippen LogP contribution in [0.3, 0.4) is 0 Å².